The number of anilines is 1. The lowest BCUT2D eigenvalue weighted by molar-refractivity contribution is -0.139. The number of carbonyl (C=O) groups excluding carboxylic acids is 2. The first kappa shape index (κ1) is 18.5. The van der Waals surface area contributed by atoms with Gasteiger partial charge in [-0.05, 0) is 30.4 Å². The van der Waals surface area contributed by atoms with Crippen LogP contribution in [0.25, 0.3) is 5.69 Å². The average molecular weight is 386 g/mol. The van der Waals surface area contributed by atoms with Crippen LogP contribution in [0.5, 0.6) is 0 Å². The van der Waals surface area contributed by atoms with Crippen molar-refractivity contribution in [3.05, 3.63) is 77.6 Å². The minimum atomic E-state index is -0.679. The third kappa shape index (κ3) is 3.63. The van der Waals surface area contributed by atoms with Crippen LogP contribution >= 0.6 is 11.6 Å². The van der Waals surface area contributed by atoms with Gasteiger partial charge in [0, 0.05) is 24.3 Å². The largest absolute Gasteiger partial charge is 0.465 e. The predicted molar refractivity (Wildman–Crippen MR) is 100 cm³/mol. The number of nitrogens with zero attached hydrogens (tertiary/aromatic N) is 3. The number of ether oxygens (including phenoxy) is 2. The van der Waals surface area contributed by atoms with Crippen LogP contribution in [0.1, 0.15) is 0 Å². The molecule has 1 aliphatic rings. The van der Waals surface area contributed by atoms with Gasteiger partial charge in [-0.2, -0.15) is 0 Å². The quantitative estimate of drug-likeness (QED) is 0.753. The third-order valence-corrected chi connectivity index (χ3v) is 4.18. The highest BCUT2D eigenvalue weighted by atomic mass is 35.5. The van der Waals surface area contributed by atoms with Crippen LogP contribution < -0.4 is 4.90 Å². The van der Waals surface area contributed by atoms with E-state index in [4.69, 9.17) is 21.1 Å². The van der Waals surface area contributed by atoms with E-state index in [0.29, 0.717) is 10.7 Å². The standard InChI is InChI=1S/C19H16ClN3O4/c1-26-18(24)14-5-3-4-9-23(17(14)19(25)27-2)13-6-7-16(15(20)11-13)22-10-8-21-12-22/h3-12H,1-2H3. The van der Waals surface area contributed by atoms with Gasteiger partial charge >= 0.3 is 11.9 Å². The molecule has 0 aliphatic carbocycles. The van der Waals surface area contributed by atoms with E-state index in [-0.39, 0.29) is 11.3 Å². The van der Waals surface area contributed by atoms with Gasteiger partial charge < -0.3 is 18.9 Å². The van der Waals surface area contributed by atoms with E-state index in [0.717, 1.165) is 5.69 Å². The number of aromatic nitrogens is 2. The number of carbonyl (C=O) groups is 2. The monoisotopic (exact) mass is 385 g/mol. The Hall–Kier alpha value is -3.32. The summed E-state index contributed by atoms with van der Waals surface area (Å²) in [5.74, 6) is -1.33. The van der Waals surface area contributed by atoms with Crippen LogP contribution in [0.15, 0.2) is 72.6 Å². The number of halogens is 1. The Morgan fingerprint density at radius 3 is 2.52 bits per heavy atom. The molecular weight excluding hydrogens is 370 g/mol. The molecule has 0 radical (unpaired) electrons. The molecule has 2 heterocycles. The number of hydrogen-bond acceptors (Lipinski definition) is 6. The number of hydrogen-bond donors (Lipinski definition) is 0. The number of benzene rings is 1. The van der Waals surface area contributed by atoms with Crippen molar-refractivity contribution >= 4 is 29.2 Å². The molecule has 0 saturated carbocycles. The summed E-state index contributed by atoms with van der Waals surface area (Å²) in [5.41, 5.74) is 1.40. The van der Waals surface area contributed by atoms with Crippen molar-refractivity contribution in [1.82, 2.24) is 9.55 Å². The van der Waals surface area contributed by atoms with Crippen molar-refractivity contribution in [2.45, 2.75) is 0 Å². The molecule has 0 bridgehead atoms. The fraction of sp³-hybridized carbons (Fsp3) is 0.105. The Morgan fingerprint density at radius 1 is 1.11 bits per heavy atom. The second kappa shape index (κ2) is 7.92. The average Bonchev–Trinajstić information content (AvgIpc) is 3.12. The molecule has 0 atom stereocenters. The summed E-state index contributed by atoms with van der Waals surface area (Å²) in [6.07, 6.45) is 11.5. The van der Waals surface area contributed by atoms with Crippen LogP contribution in [0.2, 0.25) is 5.02 Å². The molecule has 8 heteroatoms. The van der Waals surface area contributed by atoms with Crippen LogP contribution in [-0.4, -0.2) is 35.7 Å². The van der Waals surface area contributed by atoms with Gasteiger partial charge in [0.2, 0.25) is 0 Å². The van der Waals surface area contributed by atoms with Gasteiger partial charge in [0.25, 0.3) is 0 Å². The van der Waals surface area contributed by atoms with Crippen molar-refractivity contribution in [3.63, 3.8) is 0 Å². The van der Waals surface area contributed by atoms with Crippen molar-refractivity contribution in [2.75, 3.05) is 19.1 Å². The minimum Gasteiger partial charge on any atom is -0.465 e. The van der Waals surface area contributed by atoms with Crippen LogP contribution in [0.4, 0.5) is 5.69 Å². The van der Waals surface area contributed by atoms with Crippen LogP contribution in [0, 0.1) is 0 Å². The highest BCUT2D eigenvalue weighted by molar-refractivity contribution is 6.32. The Labute approximate surface area is 160 Å². The van der Waals surface area contributed by atoms with E-state index in [9.17, 15) is 9.59 Å². The molecule has 0 unspecified atom stereocenters. The zero-order chi connectivity index (χ0) is 19.4. The second-order valence-corrected chi connectivity index (χ2v) is 5.83. The van der Waals surface area contributed by atoms with E-state index in [1.807, 2.05) is 0 Å². The molecule has 1 aromatic carbocycles. The van der Waals surface area contributed by atoms with Crippen molar-refractivity contribution < 1.29 is 19.1 Å². The molecule has 0 amide bonds. The van der Waals surface area contributed by atoms with E-state index in [1.54, 1.807) is 59.8 Å². The first-order valence-corrected chi connectivity index (χ1v) is 8.27. The number of allylic oxidation sites excluding steroid dienone is 2. The van der Waals surface area contributed by atoms with Crippen molar-refractivity contribution in [3.8, 4) is 5.69 Å². The molecule has 3 rings (SSSR count). The number of rotatable bonds is 4. The maximum atomic E-state index is 12.4. The molecule has 0 N–H and O–H groups in total. The van der Waals surface area contributed by atoms with Gasteiger partial charge in [-0.1, -0.05) is 17.7 Å². The van der Waals surface area contributed by atoms with E-state index in [1.165, 1.54) is 25.2 Å². The number of imidazole rings is 1. The third-order valence-electron chi connectivity index (χ3n) is 3.88. The lowest BCUT2D eigenvalue weighted by Crippen LogP contribution is -2.27. The maximum Gasteiger partial charge on any atom is 0.355 e. The SMILES string of the molecule is COC(=O)C1=C(C(=O)OC)N(c2ccc(-n3ccnc3)c(Cl)c2)C=CC=C1. The first-order chi connectivity index (χ1) is 13.1. The number of methoxy groups -OCH3 is 2. The Bertz CT molecular complexity index is 961. The Balaban J connectivity index is 2.12. The van der Waals surface area contributed by atoms with Crippen LogP contribution in [0.3, 0.4) is 0 Å². The Morgan fingerprint density at radius 2 is 1.89 bits per heavy atom. The first-order valence-electron chi connectivity index (χ1n) is 7.89. The second-order valence-electron chi connectivity index (χ2n) is 5.42. The van der Waals surface area contributed by atoms with Gasteiger partial charge in [-0.25, -0.2) is 14.6 Å². The molecule has 0 saturated heterocycles. The van der Waals surface area contributed by atoms with Gasteiger partial charge in [0.15, 0.2) is 0 Å². The smallest absolute Gasteiger partial charge is 0.355 e. The molecule has 27 heavy (non-hydrogen) atoms. The maximum absolute atomic E-state index is 12.4. The Kier molecular flexibility index (Phi) is 5.42. The lowest BCUT2D eigenvalue weighted by atomic mass is 10.1. The van der Waals surface area contributed by atoms with E-state index in [2.05, 4.69) is 4.98 Å². The fourth-order valence-corrected chi connectivity index (χ4v) is 2.89. The van der Waals surface area contributed by atoms with Gasteiger partial charge in [-0.3, -0.25) is 0 Å². The topological polar surface area (TPSA) is 73.7 Å². The summed E-state index contributed by atoms with van der Waals surface area (Å²) in [4.78, 5) is 30.1. The summed E-state index contributed by atoms with van der Waals surface area (Å²) in [6, 6.07) is 5.25. The van der Waals surface area contributed by atoms with Crippen molar-refractivity contribution in [2.24, 2.45) is 0 Å². The molecule has 7 nitrogen and oxygen atoms in total. The lowest BCUT2D eigenvalue weighted by Gasteiger charge is -2.23. The molecule has 2 aromatic rings. The number of esters is 2. The predicted octanol–water partition coefficient (Wildman–Crippen LogP) is 3.02. The zero-order valence-electron chi connectivity index (χ0n) is 14.6. The molecular formula is C19H16ClN3O4. The van der Waals surface area contributed by atoms with Crippen LogP contribution in [-0.2, 0) is 19.1 Å². The minimum absolute atomic E-state index is 0.0285. The zero-order valence-corrected chi connectivity index (χ0v) is 15.4. The van der Waals surface area contributed by atoms with Gasteiger partial charge in [0.05, 0.1) is 36.8 Å². The van der Waals surface area contributed by atoms with Gasteiger partial charge in [0.1, 0.15) is 5.70 Å². The summed E-state index contributed by atoms with van der Waals surface area (Å²) >= 11 is 6.43. The molecule has 1 aliphatic heterocycles. The molecule has 0 spiro atoms. The molecule has 0 fully saturated rings. The summed E-state index contributed by atoms with van der Waals surface area (Å²) in [6.45, 7) is 0. The molecule has 138 valence electrons. The fourth-order valence-electron chi connectivity index (χ4n) is 2.62. The normalized spacial score (nSPS) is 13.5. The highest BCUT2D eigenvalue weighted by Gasteiger charge is 2.27. The summed E-state index contributed by atoms with van der Waals surface area (Å²) in [7, 11) is 2.49. The van der Waals surface area contributed by atoms with Gasteiger partial charge in [-0.15, -0.1) is 0 Å². The summed E-state index contributed by atoms with van der Waals surface area (Å²) < 4.78 is 11.4. The van der Waals surface area contributed by atoms with Crippen molar-refractivity contribution in [1.29, 1.82) is 0 Å². The highest BCUT2D eigenvalue weighted by Crippen LogP contribution is 2.31. The molecule has 1 aromatic heterocycles. The summed E-state index contributed by atoms with van der Waals surface area (Å²) in [5, 5.41) is 0.444. The van der Waals surface area contributed by atoms with E-state index < -0.39 is 11.9 Å². The van der Waals surface area contributed by atoms with E-state index >= 15 is 0 Å².